The average Bonchev–Trinajstić information content (AvgIpc) is 3.22. The van der Waals surface area contributed by atoms with Gasteiger partial charge in [0.15, 0.2) is 0 Å². The average molecular weight is 306 g/mol. The van der Waals surface area contributed by atoms with E-state index in [1.165, 1.54) is 32.7 Å². The molecule has 1 saturated heterocycles. The Labute approximate surface area is 130 Å². The number of furan rings is 1. The lowest BCUT2D eigenvalue weighted by molar-refractivity contribution is -1.03. The Morgan fingerprint density at radius 1 is 1.27 bits per heavy atom. The minimum atomic E-state index is 0.364. The van der Waals surface area contributed by atoms with Crippen molar-refractivity contribution in [2.24, 2.45) is 0 Å². The molecule has 0 bridgehead atoms. The van der Waals surface area contributed by atoms with Gasteiger partial charge in [-0.25, -0.2) is 4.68 Å². The quantitative estimate of drug-likeness (QED) is 0.687. The van der Waals surface area contributed by atoms with Crippen LogP contribution in [0.5, 0.6) is 0 Å². The highest BCUT2D eigenvalue weighted by molar-refractivity contribution is 5.00. The first kappa shape index (κ1) is 15.2. The number of nitrogens with one attached hydrogen (secondary N) is 2. The normalized spacial score (nSPS) is 23.5. The summed E-state index contributed by atoms with van der Waals surface area (Å²) in [5.41, 5.74) is 0. The molecule has 1 atom stereocenters. The van der Waals surface area contributed by atoms with Gasteiger partial charge in [-0.2, -0.15) is 0 Å². The van der Waals surface area contributed by atoms with Crippen LogP contribution in [0.2, 0.25) is 0 Å². The maximum atomic E-state index is 5.42. The molecule has 0 radical (unpaired) electrons. The van der Waals surface area contributed by atoms with Crippen molar-refractivity contribution in [1.29, 1.82) is 0 Å². The molecule has 7 heteroatoms. The maximum Gasteiger partial charge on any atom is 0.209 e. The Balaban J connectivity index is 1.72. The molecule has 0 amide bonds. The molecule has 0 aliphatic carbocycles. The van der Waals surface area contributed by atoms with E-state index in [4.69, 9.17) is 4.42 Å². The van der Waals surface area contributed by atoms with Crippen molar-refractivity contribution in [2.45, 2.75) is 32.9 Å². The standard InChI is InChI=1S/C15H24N6O/c1-3-14(20-9-7-19(4-2)8-10-20)15-16-17-18-21(15)12-13-6-5-11-22-13/h5-6,11,14H,3-4,7-10,12H2,1-2H3/p+2/t14-/m0/s1. The largest absolute Gasteiger partial charge is 0.467 e. The molecule has 1 fully saturated rings. The summed E-state index contributed by atoms with van der Waals surface area (Å²) < 4.78 is 7.31. The number of hydrogen-bond donors (Lipinski definition) is 2. The second kappa shape index (κ2) is 7.02. The van der Waals surface area contributed by atoms with Crippen molar-refractivity contribution in [3.8, 4) is 0 Å². The maximum absolute atomic E-state index is 5.42. The molecule has 0 aromatic carbocycles. The van der Waals surface area contributed by atoms with E-state index in [2.05, 4.69) is 29.4 Å². The van der Waals surface area contributed by atoms with Gasteiger partial charge in [-0.05, 0) is 29.5 Å². The Morgan fingerprint density at radius 3 is 2.73 bits per heavy atom. The molecule has 3 rings (SSSR count). The number of nitrogens with zero attached hydrogens (tertiary/aromatic N) is 4. The molecular weight excluding hydrogens is 280 g/mol. The number of quaternary nitrogens is 2. The second-order valence-corrected chi connectivity index (χ2v) is 6.00. The molecule has 7 nitrogen and oxygen atoms in total. The lowest BCUT2D eigenvalue weighted by Gasteiger charge is -2.33. The molecule has 0 unspecified atom stereocenters. The lowest BCUT2D eigenvalue weighted by atomic mass is 10.1. The fourth-order valence-corrected chi connectivity index (χ4v) is 3.40. The van der Waals surface area contributed by atoms with Crippen LogP contribution in [-0.4, -0.2) is 52.9 Å². The summed E-state index contributed by atoms with van der Waals surface area (Å²) in [6.07, 6.45) is 2.74. The summed E-state index contributed by atoms with van der Waals surface area (Å²) in [5.74, 6) is 1.87. The van der Waals surface area contributed by atoms with Gasteiger partial charge >= 0.3 is 0 Å². The van der Waals surface area contributed by atoms with Gasteiger partial charge in [0, 0.05) is 6.42 Å². The third kappa shape index (κ3) is 3.20. The fraction of sp³-hybridized carbons (Fsp3) is 0.667. The van der Waals surface area contributed by atoms with Crippen LogP contribution in [0.1, 0.15) is 37.9 Å². The smallest absolute Gasteiger partial charge is 0.209 e. The predicted octanol–water partition coefficient (Wildman–Crippen LogP) is -1.43. The van der Waals surface area contributed by atoms with E-state index in [1.54, 1.807) is 16.1 Å². The van der Waals surface area contributed by atoms with E-state index in [1.807, 2.05) is 16.8 Å². The van der Waals surface area contributed by atoms with E-state index in [-0.39, 0.29) is 0 Å². The molecule has 1 aliphatic heterocycles. The summed E-state index contributed by atoms with van der Waals surface area (Å²) in [7, 11) is 0. The van der Waals surface area contributed by atoms with Gasteiger partial charge in [-0.15, -0.1) is 5.10 Å². The van der Waals surface area contributed by atoms with Gasteiger partial charge in [0.05, 0.1) is 12.8 Å². The van der Waals surface area contributed by atoms with Gasteiger partial charge in [-0.1, -0.05) is 6.92 Å². The Bertz CT molecular complexity index is 558. The van der Waals surface area contributed by atoms with Gasteiger partial charge in [-0.3, -0.25) is 0 Å². The molecule has 3 heterocycles. The van der Waals surface area contributed by atoms with E-state index in [0.29, 0.717) is 12.6 Å². The van der Waals surface area contributed by atoms with Gasteiger partial charge in [0.1, 0.15) is 44.5 Å². The van der Waals surface area contributed by atoms with E-state index in [0.717, 1.165) is 18.0 Å². The minimum Gasteiger partial charge on any atom is -0.467 e. The van der Waals surface area contributed by atoms with Crippen molar-refractivity contribution < 1.29 is 14.2 Å². The van der Waals surface area contributed by atoms with Gasteiger partial charge in [0.2, 0.25) is 5.82 Å². The van der Waals surface area contributed by atoms with Crippen LogP contribution in [0.3, 0.4) is 0 Å². The van der Waals surface area contributed by atoms with Gasteiger partial charge in [0.25, 0.3) is 0 Å². The Morgan fingerprint density at radius 2 is 2.09 bits per heavy atom. The number of piperazine rings is 1. The monoisotopic (exact) mass is 306 g/mol. The van der Waals surface area contributed by atoms with Crippen LogP contribution in [0.4, 0.5) is 0 Å². The Hall–Kier alpha value is -1.73. The van der Waals surface area contributed by atoms with E-state index in [9.17, 15) is 0 Å². The SMILES string of the molecule is CC[C@@H](c1nnnn1Cc1ccco1)[NH+]1CC[NH+](CC)CC1. The molecule has 0 saturated carbocycles. The first-order valence-corrected chi connectivity index (χ1v) is 8.28. The number of hydrogen-bond acceptors (Lipinski definition) is 4. The molecule has 2 aromatic rings. The summed E-state index contributed by atoms with van der Waals surface area (Å²) in [6, 6.07) is 4.22. The molecule has 22 heavy (non-hydrogen) atoms. The van der Waals surface area contributed by atoms with Crippen molar-refractivity contribution in [3.63, 3.8) is 0 Å². The topological polar surface area (TPSA) is 65.6 Å². The number of likely N-dealkylation sites (N-methyl/N-ethyl adjacent to an activating group) is 1. The molecule has 2 N–H and O–H groups in total. The van der Waals surface area contributed by atoms with Crippen molar-refractivity contribution in [3.05, 3.63) is 30.0 Å². The zero-order valence-electron chi connectivity index (χ0n) is 13.5. The summed E-state index contributed by atoms with van der Waals surface area (Å²) in [6.45, 7) is 11.2. The zero-order chi connectivity index (χ0) is 15.4. The van der Waals surface area contributed by atoms with E-state index < -0.39 is 0 Å². The number of rotatable bonds is 6. The summed E-state index contributed by atoms with van der Waals surface area (Å²) >= 11 is 0. The van der Waals surface area contributed by atoms with Crippen LogP contribution in [0.25, 0.3) is 0 Å². The summed E-state index contributed by atoms with van der Waals surface area (Å²) in [4.78, 5) is 3.31. The third-order valence-electron chi connectivity index (χ3n) is 4.76. The van der Waals surface area contributed by atoms with Crippen molar-refractivity contribution >= 4 is 0 Å². The first-order valence-electron chi connectivity index (χ1n) is 8.28. The van der Waals surface area contributed by atoms with Crippen LogP contribution < -0.4 is 9.80 Å². The highest BCUT2D eigenvalue weighted by Crippen LogP contribution is 2.11. The van der Waals surface area contributed by atoms with Gasteiger partial charge < -0.3 is 14.2 Å². The van der Waals surface area contributed by atoms with Crippen LogP contribution in [-0.2, 0) is 6.54 Å². The van der Waals surface area contributed by atoms with Crippen molar-refractivity contribution in [1.82, 2.24) is 20.2 Å². The zero-order valence-corrected chi connectivity index (χ0v) is 13.5. The minimum absolute atomic E-state index is 0.364. The first-order chi connectivity index (χ1) is 10.8. The van der Waals surface area contributed by atoms with Crippen LogP contribution in [0, 0.1) is 0 Å². The van der Waals surface area contributed by atoms with E-state index >= 15 is 0 Å². The number of tetrazole rings is 1. The molecule has 2 aromatic heterocycles. The van der Waals surface area contributed by atoms with Crippen molar-refractivity contribution in [2.75, 3.05) is 32.7 Å². The number of aromatic nitrogens is 4. The predicted molar refractivity (Wildman–Crippen MR) is 80.6 cm³/mol. The van der Waals surface area contributed by atoms with Crippen LogP contribution >= 0.6 is 0 Å². The fourth-order valence-electron chi connectivity index (χ4n) is 3.40. The summed E-state index contributed by atoms with van der Waals surface area (Å²) in [5, 5.41) is 12.4. The Kier molecular flexibility index (Phi) is 4.84. The molecule has 1 aliphatic rings. The highest BCUT2D eigenvalue weighted by atomic mass is 16.3. The molecular formula is C15H26N6O+2. The lowest BCUT2D eigenvalue weighted by Crippen LogP contribution is -3.28. The third-order valence-corrected chi connectivity index (χ3v) is 4.76. The van der Waals surface area contributed by atoms with Crippen LogP contribution in [0.15, 0.2) is 22.8 Å². The second-order valence-electron chi connectivity index (χ2n) is 6.00. The molecule has 120 valence electrons. The molecule has 0 spiro atoms. The highest BCUT2D eigenvalue weighted by Gasteiger charge is 2.32.